The van der Waals surface area contributed by atoms with Crippen LogP contribution in [0.3, 0.4) is 0 Å². The summed E-state index contributed by atoms with van der Waals surface area (Å²) >= 11 is 0. The molecule has 0 aromatic heterocycles. The number of allylic oxidation sites excluding steroid dienone is 1. The molecule has 0 aromatic carbocycles. The monoisotopic (exact) mass is 440 g/mol. The van der Waals surface area contributed by atoms with Crippen molar-refractivity contribution in [1.29, 1.82) is 0 Å². The number of unbranched alkanes of at least 4 members (excludes halogenated alkanes) is 14. The smallest absolute Gasteiger partial charge is 0.321 e. The maximum atomic E-state index is 11.8. The summed E-state index contributed by atoms with van der Waals surface area (Å²) in [6.45, 7) is 3.71. The van der Waals surface area contributed by atoms with Crippen molar-refractivity contribution in [3.8, 4) is 0 Å². The van der Waals surface area contributed by atoms with Crippen LogP contribution in [0.2, 0.25) is 0 Å². The second kappa shape index (κ2) is 18.9. The minimum atomic E-state index is -1.65. The topological polar surface area (TPSA) is 112 Å². The number of hydrogen-bond acceptors (Lipinski definition) is 3. The molecule has 0 bridgehead atoms. The highest BCUT2D eigenvalue weighted by atomic mass is 16.4. The molecule has 0 fully saturated rings. The lowest BCUT2D eigenvalue weighted by Gasteiger charge is -2.25. The van der Waals surface area contributed by atoms with Crippen LogP contribution in [0.4, 0.5) is 0 Å². The molecule has 0 saturated heterocycles. The molecule has 6 heteroatoms. The predicted molar refractivity (Wildman–Crippen MR) is 123 cm³/mol. The molecule has 0 saturated carbocycles. The van der Waals surface area contributed by atoms with Gasteiger partial charge < -0.3 is 15.3 Å². The van der Waals surface area contributed by atoms with Crippen LogP contribution in [-0.2, 0) is 14.4 Å². The molecule has 0 aromatic rings. The van der Waals surface area contributed by atoms with Crippen molar-refractivity contribution in [1.82, 2.24) is 0 Å². The van der Waals surface area contributed by atoms with Gasteiger partial charge in [-0.15, -0.1) is 6.58 Å². The first-order valence-corrected chi connectivity index (χ1v) is 12.2. The fraction of sp³-hybridized carbons (Fsp3) is 0.800. The van der Waals surface area contributed by atoms with Gasteiger partial charge >= 0.3 is 17.9 Å². The Bertz CT molecular complexity index is 500. The van der Waals surface area contributed by atoms with Crippen molar-refractivity contribution in [2.24, 2.45) is 5.41 Å². The lowest BCUT2D eigenvalue weighted by atomic mass is 9.78. The highest BCUT2D eigenvalue weighted by Crippen LogP contribution is 2.33. The maximum absolute atomic E-state index is 11.8. The number of rotatable bonds is 23. The third-order valence-corrected chi connectivity index (χ3v) is 6.07. The van der Waals surface area contributed by atoms with Crippen molar-refractivity contribution in [3.05, 3.63) is 12.7 Å². The zero-order valence-corrected chi connectivity index (χ0v) is 19.3. The van der Waals surface area contributed by atoms with Crippen LogP contribution in [0.15, 0.2) is 12.7 Å². The lowest BCUT2D eigenvalue weighted by molar-refractivity contribution is -0.166. The first-order chi connectivity index (χ1) is 14.9. The van der Waals surface area contributed by atoms with Gasteiger partial charge in [0.05, 0.1) is 0 Å². The molecule has 3 N–H and O–H groups in total. The fourth-order valence-corrected chi connectivity index (χ4v) is 4.01. The SMILES string of the molecule is C=CCCCCCCCCCC(CCCCCCCCCCC(=O)O)(C(=O)O)C(=O)O. The number of aliphatic carboxylic acids is 3. The summed E-state index contributed by atoms with van der Waals surface area (Å²) in [4.78, 5) is 34.1. The molecular formula is C25H44O6. The molecule has 0 amide bonds. The second-order valence-corrected chi connectivity index (χ2v) is 8.72. The quantitative estimate of drug-likeness (QED) is 0.0912. The van der Waals surface area contributed by atoms with E-state index in [-0.39, 0.29) is 19.3 Å². The average molecular weight is 441 g/mol. The van der Waals surface area contributed by atoms with E-state index in [2.05, 4.69) is 6.58 Å². The Hall–Kier alpha value is -1.85. The zero-order chi connectivity index (χ0) is 23.4. The molecular weight excluding hydrogens is 396 g/mol. The van der Waals surface area contributed by atoms with Gasteiger partial charge in [0.1, 0.15) is 0 Å². The Balaban J connectivity index is 4.05. The summed E-state index contributed by atoms with van der Waals surface area (Å²) < 4.78 is 0. The van der Waals surface area contributed by atoms with Gasteiger partial charge in [0.15, 0.2) is 5.41 Å². The Morgan fingerprint density at radius 1 is 0.581 bits per heavy atom. The molecule has 0 heterocycles. The van der Waals surface area contributed by atoms with Crippen molar-refractivity contribution >= 4 is 17.9 Å². The molecule has 0 atom stereocenters. The zero-order valence-electron chi connectivity index (χ0n) is 19.3. The molecule has 0 unspecified atom stereocenters. The van der Waals surface area contributed by atoms with Gasteiger partial charge in [-0.25, -0.2) is 0 Å². The Labute approximate surface area is 188 Å². The van der Waals surface area contributed by atoms with Gasteiger partial charge in [-0.05, 0) is 32.1 Å². The van der Waals surface area contributed by atoms with Crippen LogP contribution in [0, 0.1) is 5.41 Å². The van der Waals surface area contributed by atoms with Gasteiger partial charge in [-0.2, -0.15) is 0 Å². The first-order valence-electron chi connectivity index (χ1n) is 12.2. The Kier molecular flexibility index (Phi) is 17.8. The number of carboxylic acid groups (broad SMARTS) is 3. The second-order valence-electron chi connectivity index (χ2n) is 8.72. The summed E-state index contributed by atoms with van der Waals surface area (Å²) in [5.74, 6) is -3.16. The molecule has 31 heavy (non-hydrogen) atoms. The Morgan fingerprint density at radius 3 is 1.29 bits per heavy atom. The van der Waals surface area contributed by atoms with E-state index in [9.17, 15) is 24.6 Å². The number of carboxylic acids is 3. The Morgan fingerprint density at radius 2 is 0.935 bits per heavy atom. The van der Waals surface area contributed by atoms with Crippen molar-refractivity contribution < 1.29 is 29.7 Å². The largest absolute Gasteiger partial charge is 0.481 e. The minimum absolute atomic E-state index is 0.192. The van der Waals surface area contributed by atoms with E-state index < -0.39 is 23.3 Å². The van der Waals surface area contributed by atoms with Crippen molar-refractivity contribution in [3.63, 3.8) is 0 Å². The summed E-state index contributed by atoms with van der Waals surface area (Å²) in [6, 6.07) is 0. The van der Waals surface area contributed by atoms with E-state index in [1.807, 2.05) is 6.08 Å². The molecule has 0 aliphatic carbocycles. The third-order valence-electron chi connectivity index (χ3n) is 6.07. The van der Waals surface area contributed by atoms with Gasteiger partial charge in [0, 0.05) is 6.42 Å². The summed E-state index contributed by atoms with van der Waals surface area (Å²) in [5.41, 5.74) is -1.65. The third kappa shape index (κ3) is 14.7. The molecule has 180 valence electrons. The van der Waals surface area contributed by atoms with Crippen LogP contribution < -0.4 is 0 Å². The van der Waals surface area contributed by atoms with E-state index in [1.54, 1.807) is 0 Å². The van der Waals surface area contributed by atoms with Gasteiger partial charge in [-0.1, -0.05) is 89.5 Å². The molecule has 0 radical (unpaired) electrons. The normalized spacial score (nSPS) is 11.4. The van der Waals surface area contributed by atoms with Crippen LogP contribution in [0.25, 0.3) is 0 Å². The highest BCUT2D eigenvalue weighted by molar-refractivity contribution is 5.98. The van der Waals surface area contributed by atoms with Gasteiger partial charge in [0.2, 0.25) is 0 Å². The number of hydrogen-bond donors (Lipinski definition) is 3. The van der Waals surface area contributed by atoms with E-state index in [1.165, 1.54) is 6.42 Å². The van der Waals surface area contributed by atoms with Crippen LogP contribution >= 0.6 is 0 Å². The fourth-order valence-electron chi connectivity index (χ4n) is 4.01. The van der Waals surface area contributed by atoms with Gasteiger partial charge in [0.25, 0.3) is 0 Å². The molecule has 6 nitrogen and oxygen atoms in total. The van der Waals surface area contributed by atoms with E-state index in [4.69, 9.17) is 5.11 Å². The van der Waals surface area contributed by atoms with Crippen LogP contribution in [0.1, 0.15) is 122 Å². The molecule has 0 aliphatic rings. The average Bonchev–Trinajstić information content (AvgIpc) is 2.71. The van der Waals surface area contributed by atoms with Crippen LogP contribution in [0.5, 0.6) is 0 Å². The molecule has 0 rings (SSSR count). The van der Waals surface area contributed by atoms with Crippen molar-refractivity contribution in [2.45, 2.75) is 122 Å². The van der Waals surface area contributed by atoms with E-state index in [0.717, 1.165) is 77.0 Å². The van der Waals surface area contributed by atoms with Gasteiger partial charge in [-0.3, -0.25) is 14.4 Å². The van der Waals surface area contributed by atoms with E-state index >= 15 is 0 Å². The summed E-state index contributed by atoms with van der Waals surface area (Å²) in [5, 5.41) is 27.9. The first kappa shape index (κ1) is 29.1. The maximum Gasteiger partial charge on any atom is 0.321 e. The van der Waals surface area contributed by atoms with Crippen LogP contribution in [-0.4, -0.2) is 33.2 Å². The predicted octanol–water partition coefficient (Wildman–Crippen LogP) is 6.82. The molecule has 0 spiro atoms. The number of carbonyl (C=O) groups is 3. The lowest BCUT2D eigenvalue weighted by Crippen LogP contribution is -2.39. The van der Waals surface area contributed by atoms with E-state index in [0.29, 0.717) is 19.3 Å². The summed E-state index contributed by atoms with van der Waals surface area (Å²) in [6.07, 6.45) is 17.9. The minimum Gasteiger partial charge on any atom is -0.481 e. The van der Waals surface area contributed by atoms with Crippen molar-refractivity contribution in [2.75, 3.05) is 0 Å². The molecule has 0 aliphatic heterocycles. The highest BCUT2D eigenvalue weighted by Gasteiger charge is 2.45. The standard InChI is InChI=1S/C25H44O6/c1-2-3-4-5-6-8-11-14-17-20-25(23(28)29,24(30)31)21-18-15-12-9-7-10-13-16-19-22(26)27/h2H,1,3-21H2,(H,26,27)(H,28,29)(H,30,31). The summed E-state index contributed by atoms with van der Waals surface area (Å²) in [7, 11) is 0.